The first-order chi connectivity index (χ1) is 8.61. The van der Waals surface area contributed by atoms with Gasteiger partial charge in [0.15, 0.2) is 0 Å². The van der Waals surface area contributed by atoms with Gasteiger partial charge in [0, 0.05) is 24.6 Å². The second-order valence-corrected chi connectivity index (χ2v) is 4.97. The van der Waals surface area contributed by atoms with Gasteiger partial charge in [-0.05, 0) is 13.0 Å². The van der Waals surface area contributed by atoms with Crippen molar-refractivity contribution in [2.24, 2.45) is 0 Å². The van der Waals surface area contributed by atoms with Crippen LogP contribution in [0.2, 0.25) is 0 Å². The molecule has 0 aromatic carbocycles. The lowest BCUT2D eigenvalue weighted by Crippen LogP contribution is -2.49. The van der Waals surface area contributed by atoms with Crippen LogP contribution in [0.25, 0.3) is 0 Å². The molecule has 2 heterocycles. The van der Waals surface area contributed by atoms with Crippen LogP contribution in [-0.2, 0) is 4.74 Å². The van der Waals surface area contributed by atoms with Crippen molar-refractivity contribution >= 4 is 21.8 Å². The van der Waals surface area contributed by atoms with Crippen LogP contribution in [0.1, 0.15) is 17.3 Å². The van der Waals surface area contributed by atoms with Crippen LogP contribution in [0.15, 0.2) is 18.5 Å². The summed E-state index contributed by atoms with van der Waals surface area (Å²) < 4.78 is 5.67. The lowest BCUT2D eigenvalue weighted by atomic mass is 10.1. The molecule has 2 atom stereocenters. The molecular weight excluding hydrogens is 300 g/mol. The highest BCUT2D eigenvalue weighted by Crippen LogP contribution is 2.20. The molecule has 1 fully saturated rings. The number of ether oxygens (including phenoxy) is 1. The number of aromatic nitrogens is 1. The maximum atomic E-state index is 12.3. The minimum absolute atomic E-state index is 0.00534. The van der Waals surface area contributed by atoms with Gasteiger partial charge in [-0.25, -0.2) is 0 Å². The Morgan fingerprint density at radius 3 is 3.11 bits per heavy atom. The molecule has 1 N–H and O–H groups in total. The first-order valence-corrected chi connectivity index (χ1v) is 6.87. The van der Waals surface area contributed by atoms with Gasteiger partial charge >= 0.3 is 0 Å². The third-order valence-electron chi connectivity index (χ3n) is 2.82. The van der Waals surface area contributed by atoms with Crippen molar-refractivity contribution in [3.63, 3.8) is 0 Å². The highest BCUT2D eigenvalue weighted by molar-refractivity contribution is 9.09. The summed E-state index contributed by atoms with van der Waals surface area (Å²) in [5, 5.41) is 10.3. The molecule has 1 amide bonds. The van der Waals surface area contributed by atoms with Crippen LogP contribution in [0.4, 0.5) is 0 Å². The number of hydrogen-bond acceptors (Lipinski definition) is 4. The Hall–Kier alpha value is -1.14. The van der Waals surface area contributed by atoms with Crippen molar-refractivity contribution in [2.45, 2.75) is 19.1 Å². The quantitative estimate of drug-likeness (QED) is 0.838. The van der Waals surface area contributed by atoms with Gasteiger partial charge < -0.3 is 14.7 Å². The third-order valence-corrected chi connectivity index (χ3v) is 3.54. The number of rotatable bonds is 2. The van der Waals surface area contributed by atoms with Crippen molar-refractivity contribution in [2.75, 3.05) is 18.4 Å². The topological polar surface area (TPSA) is 62.7 Å². The van der Waals surface area contributed by atoms with Gasteiger partial charge in [-0.1, -0.05) is 15.9 Å². The molecule has 98 valence electrons. The van der Waals surface area contributed by atoms with E-state index in [0.717, 1.165) is 0 Å². The highest BCUT2D eigenvalue weighted by Gasteiger charge is 2.29. The SMILES string of the molecule is CC1CN(C(=O)c2ccncc2O)CC(CBr)O1. The lowest BCUT2D eigenvalue weighted by Gasteiger charge is -2.36. The molecule has 1 saturated heterocycles. The van der Waals surface area contributed by atoms with E-state index in [2.05, 4.69) is 20.9 Å². The van der Waals surface area contributed by atoms with Crippen LogP contribution in [0.3, 0.4) is 0 Å². The molecule has 0 bridgehead atoms. The fourth-order valence-corrected chi connectivity index (χ4v) is 2.39. The molecule has 1 aliphatic heterocycles. The zero-order chi connectivity index (χ0) is 13.1. The predicted octanol–water partition coefficient (Wildman–Crippen LogP) is 1.41. The second-order valence-electron chi connectivity index (χ2n) is 4.33. The number of morpholine rings is 1. The van der Waals surface area contributed by atoms with Crippen LogP contribution < -0.4 is 0 Å². The van der Waals surface area contributed by atoms with E-state index in [0.29, 0.717) is 18.4 Å². The molecule has 1 aliphatic rings. The molecule has 1 aromatic heterocycles. The molecule has 0 saturated carbocycles. The van der Waals surface area contributed by atoms with Gasteiger partial charge in [-0.2, -0.15) is 0 Å². The van der Waals surface area contributed by atoms with Gasteiger partial charge in [0.25, 0.3) is 5.91 Å². The molecule has 6 heteroatoms. The molecule has 1 aromatic rings. The van der Waals surface area contributed by atoms with Gasteiger partial charge in [0.1, 0.15) is 5.75 Å². The summed E-state index contributed by atoms with van der Waals surface area (Å²) >= 11 is 3.36. The Morgan fingerprint density at radius 1 is 1.67 bits per heavy atom. The zero-order valence-corrected chi connectivity index (χ0v) is 11.6. The van der Waals surface area contributed by atoms with E-state index in [4.69, 9.17) is 4.74 Å². The van der Waals surface area contributed by atoms with E-state index in [1.54, 1.807) is 4.90 Å². The molecule has 18 heavy (non-hydrogen) atoms. The molecule has 2 rings (SSSR count). The largest absolute Gasteiger partial charge is 0.505 e. The molecule has 0 radical (unpaired) electrons. The van der Waals surface area contributed by atoms with E-state index in [-0.39, 0.29) is 29.4 Å². The molecule has 5 nitrogen and oxygen atoms in total. The Bertz CT molecular complexity index is 441. The lowest BCUT2D eigenvalue weighted by molar-refractivity contribution is -0.0560. The van der Waals surface area contributed by atoms with Crippen LogP contribution in [-0.4, -0.2) is 51.5 Å². The normalized spacial score (nSPS) is 24.0. The number of amides is 1. The average Bonchev–Trinajstić information content (AvgIpc) is 2.37. The zero-order valence-electron chi connectivity index (χ0n) is 10.0. The van der Waals surface area contributed by atoms with Gasteiger partial charge in [-0.15, -0.1) is 0 Å². The van der Waals surface area contributed by atoms with E-state index in [1.807, 2.05) is 6.92 Å². The summed E-state index contributed by atoms with van der Waals surface area (Å²) in [5.41, 5.74) is 0.285. The van der Waals surface area contributed by atoms with E-state index in [9.17, 15) is 9.90 Å². The van der Waals surface area contributed by atoms with Crippen LogP contribution in [0.5, 0.6) is 5.75 Å². The number of pyridine rings is 1. The van der Waals surface area contributed by atoms with Gasteiger partial charge in [-0.3, -0.25) is 9.78 Å². The Kier molecular flexibility index (Phi) is 4.19. The summed E-state index contributed by atoms with van der Waals surface area (Å²) in [7, 11) is 0. The van der Waals surface area contributed by atoms with Crippen molar-refractivity contribution in [1.82, 2.24) is 9.88 Å². The van der Waals surface area contributed by atoms with Gasteiger partial charge in [0.05, 0.1) is 24.0 Å². The maximum absolute atomic E-state index is 12.3. The fourth-order valence-electron chi connectivity index (χ4n) is 2.03. The Morgan fingerprint density at radius 2 is 2.44 bits per heavy atom. The monoisotopic (exact) mass is 314 g/mol. The number of aromatic hydroxyl groups is 1. The summed E-state index contributed by atoms with van der Waals surface area (Å²) in [5.74, 6) is -0.270. The number of carbonyl (C=O) groups is 1. The molecule has 0 spiro atoms. The Labute approximate surface area is 114 Å². The van der Waals surface area contributed by atoms with Crippen LogP contribution >= 0.6 is 15.9 Å². The maximum Gasteiger partial charge on any atom is 0.257 e. The minimum Gasteiger partial charge on any atom is -0.505 e. The summed E-state index contributed by atoms with van der Waals surface area (Å²) in [6, 6.07) is 1.53. The first-order valence-electron chi connectivity index (χ1n) is 5.75. The van der Waals surface area contributed by atoms with Crippen molar-refractivity contribution < 1.29 is 14.6 Å². The van der Waals surface area contributed by atoms with Crippen molar-refractivity contribution in [3.05, 3.63) is 24.0 Å². The Balaban J connectivity index is 2.16. The molecule has 2 unspecified atom stereocenters. The third kappa shape index (κ3) is 2.81. The number of alkyl halides is 1. The van der Waals surface area contributed by atoms with E-state index in [1.165, 1.54) is 18.5 Å². The number of hydrogen-bond donors (Lipinski definition) is 1. The smallest absolute Gasteiger partial charge is 0.257 e. The average molecular weight is 315 g/mol. The fraction of sp³-hybridized carbons (Fsp3) is 0.500. The second kappa shape index (κ2) is 5.67. The number of carbonyl (C=O) groups excluding carboxylic acids is 1. The predicted molar refractivity (Wildman–Crippen MR) is 69.9 cm³/mol. The summed E-state index contributed by atoms with van der Waals surface area (Å²) in [6.45, 7) is 2.99. The number of halogens is 1. The molecule has 0 aliphatic carbocycles. The number of nitrogens with zero attached hydrogens (tertiary/aromatic N) is 2. The standard InChI is InChI=1S/C12H15BrN2O3/c1-8-6-15(7-9(4-13)18-8)12(17)10-2-3-14-5-11(10)16/h2-3,5,8-9,16H,4,6-7H2,1H3. The van der Waals surface area contributed by atoms with E-state index < -0.39 is 0 Å². The van der Waals surface area contributed by atoms with Crippen molar-refractivity contribution in [3.8, 4) is 5.75 Å². The minimum atomic E-state index is -0.184. The highest BCUT2D eigenvalue weighted by atomic mass is 79.9. The summed E-state index contributed by atoms with van der Waals surface area (Å²) in [6.07, 6.45) is 2.76. The van der Waals surface area contributed by atoms with Crippen molar-refractivity contribution in [1.29, 1.82) is 0 Å². The van der Waals surface area contributed by atoms with E-state index >= 15 is 0 Å². The van der Waals surface area contributed by atoms with Crippen LogP contribution in [0, 0.1) is 0 Å². The summed E-state index contributed by atoms with van der Waals surface area (Å²) in [4.78, 5) is 17.8. The van der Waals surface area contributed by atoms with Gasteiger partial charge in [0.2, 0.25) is 0 Å². The first kappa shape index (κ1) is 13.3. The molecular formula is C12H15BrN2O3.